The fraction of sp³-hybridized carbons (Fsp3) is 0.647. The van der Waals surface area contributed by atoms with Crippen LogP contribution < -0.4 is 5.32 Å². The molecular weight excluding hydrogens is 278 g/mol. The first-order valence-electron chi connectivity index (χ1n) is 7.70. The van der Waals surface area contributed by atoms with Crippen molar-refractivity contribution in [3.8, 4) is 6.07 Å². The zero-order valence-corrected chi connectivity index (χ0v) is 14.1. The van der Waals surface area contributed by atoms with Gasteiger partial charge in [-0.05, 0) is 52.3 Å². The summed E-state index contributed by atoms with van der Waals surface area (Å²) in [6, 6.07) is 2.45. The van der Waals surface area contributed by atoms with E-state index < -0.39 is 5.60 Å². The van der Waals surface area contributed by atoms with Gasteiger partial charge in [0, 0.05) is 20.1 Å². The molecule has 1 aliphatic rings. The van der Waals surface area contributed by atoms with Crippen LogP contribution in [-0.2, 0) is 4.74 Å². The van der Waals surface area contributed by atoms with Crippen LogP contribution in [0.4, 0.5) is 4.79 Å². The van der Waals surface area contributed by atoms with Gasteiger partial charge in [-0.2, -0.15) is 5.26 Å². The number of rotatable bonds is 4. The number of carbonyl (C=O) groups excluding carboxylic acids is 1. The van der Waals surface area contributed by atoms with Gasteiger partial charge in [0.25, 0.3) is 0 Å². The van der Waals surface area contributed by atoms with Crippen molar-refractivity contribution in [1.82, 2.24) is 10.2 Å². The quantitative estimate of drug-likeness (QED) is 0.810. The molecule has 0 saturated carbocycles. The lowest BCUT2D eigenvalue weighted by molar-refractivity contribution is 0.0150. The summed E-state index contributed by atoms with van der Waals surface area (Å²) in [5.41, 5.74) is -0.855. The van der Waals surface area contributed by atoms with Crippen LogP contribution in [-0.4, -0.2) is 36.7 Å². The average Bonchev–Trinajstić information content (AvgIpc) is 2.46. The second-order valence-electron chi connectivity index (χ2n) is 6.64. The highest BCUT2D eigenvalue weighted by molar-refractivity contribution is 5.68. The van der Waals surface area contributed by atoms with Crippen molar-refractivity contribution in [3.63, 3.8) is 0 Å². The number of carbonyl (C=O) groups is 1. The van der Waals surface area contributed by atoms with Crippen LogP contribution in [0.3, 0.4) is 0 Å². The predicted octanol–water partition coefficient (Wildman–Crippen LogP) is 3.21. The van der Waals surface area contributed by atoms with Gasteiger partial charge in [-0.15, -0.1) is 0 Å². The largest absolute Gasteiger partial charge is 0.444 e. The van der Waals surface area contributed by atoms with Crippen molar-refractivity contribution in [2.45, 2.75) is 45.6 Å². The minimum atomic E-state index is -0.483. The van der Waals surface area contributed by atoms with Gasteiger partial charge in [-0.3, -0.25) is 0 Å². The molecule has 1 aliphatic heterocycles. The summed E-state index contributed by atoms with van der Waals surface area (Å²) in [6.45, 7) is 6.72. The molecule has 122 valence electrons. The molecule has 5 heteroatoms. The van der Waals surface area contributed by atoms with Crippen LogP contribution in [0.15, 0.2) is 24.4 Å². The zero-order chi connectivity index (χ0) is 16.6. The Morgan fingerprint density at radius 3 is 2.50 bits per heavy atom. The SMILES string of the molecule is CN/C=C\C=C/CC1(C#N)CCN(C(=O)OC(C)(C)C)CC1. The van der Waals surface area contributed by atoms with E-state index in [2.05, 4.69) is 11.4 Å². The number of likely N-dealkylation sites (tertiary alicyclic amines) is 1. The van der Waals surface area contributed by atoms with Gasteiger partial charge >= 0.3 is 6.09 Å². The van der Waals surface area contributed by atoms with Crippen molar-refractivity contribution < 1.29 is 9.53 Å². The van der Waals surface area contributed by atoms with E-state index in [0.717, 1.165) is 0 Å². The predicted molar refractivity (Wildman–Crippen MR) is 87.0 cm³/mol. The van der Waals surface area contributed by atoms with Crippen molar-refractivity contribution in [1.29, 1.82) is 5.26 Å². The molecule has 0 aromatic carbocycles. The molecule has 0 atom stereocenters. The molecule has 1 heterocycles. The van der Waals surface area contributed by atoms with Gasteiger partial charge in [0.1, 0.15) is 5.60 Å². The summed E-state index contributed by atoms with van der Waals surface area (Å²) in [5, 5.41) is 12.4. The number of hydrogen-bond acceptors (Lipinski definition) is 4. The van der Waals surface area contributed by atoms with Crippen LogP contribution in [0.1, 0.15) is 40.0 Å². The van der Waals surface area contributed by atoms with Crippen molar-refractivity contribution in [2.75, 3.05) is 20.1 Å². The molecule has 1 rings (SSSR count). The van der Waals surface area contributed by atoms with Gasteiger partial charge in [0.05, 0.1) is 11.5 Å². The standard InChI is InChI=1S/C17H27N3O2/c1-16(2,3)22-15(21)20-12-9-17(14-18,10-13-20)8-6-5-7-11-19-4/h5-7,11,19H,8-10,12-13H2,1-4H3/b6-5-,11-7-. The highest BCUT2D eigenvalue weighted by Gasteiger charge is 2.36. The second kappa shape index (κ2) is 7.88. The van der Waals surface area contributed by atoms with E-state index in [1.54, 1.807) is 4.90 Å². The smallest absolute Gasteiger partial charge is 0.410 e. The minimum Gasteiger partial charge on any atom is -0.444 e. The van der Waals surface area contributed by atoms with Crippen molar-refractivity contribution in [3.05, 3.63) is 24.4 Å². The average molecular weight is 305 g/mol. The molecule has 0 unspecified atom stereocenters. The fourth-order valence-electron chi connectivity index (χ4n) is 2.33. The van der Waals surface area contributed by atoms with Crippen molar-refractivity contribution in [2.24, 2.45) is 5.41 Å². The maximum Gasteiger partial charge on any atom is 0.410 e. The molecule has 0 spiro atoms. The molecule has 0 aliphatic carbocycles. The molecule has 0 aromatic rings. The number of nitriles is 1. The van der Waals surface area contributed by atoms with E-state index in [9.17, 15) is 10.1 Å². The van der Waals surface area contributed by atoms with Crippen LogP contribution in [0.2, 0.25) is 0 Å². The Kier molecular flexibility index (Phi) is 6.48. The highest BCUT2D eigenvalue weighted by atomic mass is 16.6. The number of nitrogens with zero attached hydrogens (tertiary/aromatic N) is 2. The molecule has 1 amide bonds. The summed E-state index contributed by atoms with van der Waals surface area (Å²) in [5.74, 6) is 0. The second-order valence-corrected chi connectivity index (χ2v) is 6.64. The highest BCUT2D eigenvalue weighted by Crippen LogP contribution is 2.35. The molecule has 1 saturated heterocycles. The number of ether oxygens (including phenoxy) is 1. The third-order valence-corrected chi connectivity index (χ3v) is 3.63. The van der Waals surface area contributed by atoms with Crippen LogP contribution in [0, 0.1) is 16.7 Å². The number of allylic oxidation sites excluding steroid dienone is 3. The zero-order valence-electron chi connectivity index (χ0n) is 14.1. The molecule has 5 nitrogen and oxygen atoms in total. The maximum absolute atomic E-state index is 12.0. The Morgan fingerprint density at radius 2 is 2.00 bits per heavy atom. The first-order chi connectivity index (χ1) is 10.3. The maximum atomic E-state index is 12.0. The van der Waals surface area contributed by atoms with Gasteiger partial charge in [0.15, 0.2) is 0 Å². The Balaban J connectivity index is 2.54. The molecular formula is C17H27N3O2. The van der Waals surface area contributed by atoms with Gasteiger partial charge in [-0.1, -0.05) is 12.2 Å². The summed E-state index contributed by atoms with van der Waals surface area (Å²) in [4.78, 5) is 13.7. The monoisotopic (exact) mass is 305 g/mol. The van der Waals surface area contributed by atoms with Crippen molar-refractivity contribution >= 4 is 6.09 Å². The summed E-state index contributed by atoms with van der Waals surface area (Å²) >= 11 is 0. The number of piperidine rings is 1. The molecule has 0 radical (unpaired) electrons. The lowest BCUT2D eigenvalue weighted by atomic mass is 9.77. The number of hydrogen-bond donors (Lipinski definition) is 1. The van der Waals surface area contributed by atoms with Crippen LogP contribution in [0.25, 0.3) is 0 Å². The normalized spacial score (nSPS) is 18.4. The Bertz CT molecular complexity index is 461. The first-order valence-corrected chi connectivity index (χ1v) is 7.70. The molecule has 22 heavy (non-hydrogen) atoms. The Hall–Kier alpha value is -1.96. The number of amides is 1. The Morgan fingerprint density at radius 1 is 1.36 bits per heavy atom. The third kappa shape index (κ3) is 5.80. The van der Waals surface area contributed by atoms with Crippen LogP contribution >= 0.6 is 0 Å². The van der Waals surface area contributed by atoms with Gasteiger partial charge in [-0.25, -0.2) is 4.79 Å². The van der Waals surface area contributed by atoms with Gasteiger partial charge < -0.3 is 15.0 Å². The first kappa shape index (κ1) is 18.1. The molecule has 0 bridgehead atoms. The molecule has 1 N–H and O–H groups in total. The minimum absolute atomic E-state index is 0.286. The summed E-state index contributed by atoms with van der Waals surface area (Å²) < 4.78 is 5.38. The van der Waals surface area contributed by atoms with E-state index >= 15 is 0 Å². The van der Waals surface area contributed by atoms with E-state index in [0.29, 0.717) is 32.4 Å². The molecule has 0 aromatic heterocycles. The van der Waals surface area contributed by atoms with Gasteiger partial charge in [0.2, 0.25) is 0 Å². The third-order valence-electron chi connectivity index (χ3n) is 3.63. The number of nitrogens with one attached hydrogen (secondary N) is 1. The topological polar surface area (TPSA) is 65.4 Å². The lowest BCUT2D eigenvalue weighted by Gasteiger charge is -2.37. The van der Waals surface area contributed by atoms with E-state index in [1.165, 1.54) is 0 Å². The Labute approximate surface area is 133 Å². The van der Waals surface area contributed by atoms with Crippen LogP contribution in [0.5, 0.6) is 0 Å². The van der Waals surface area contributed by atoms with E-state index in [4.69, 9.17) is 4.74 Å². The fourth-order valence-corrected chi connectivity index (χ4v) is 2.33. The van der Waals surface area contributed by atoms with E-state index in [1.807, 2.05) is 52.2 Å². The molecule has 1 fully saturated rings. The summed E-state index contributed by atoms with van der Waals surface area (Å²) in [6.07, 6.45) is 9.48. The van der Waals surface area contributed by atoms with E-state index in [-0.39, 0.29) is 11.5 Å². The lowest BCUT2D eigenvalue weighted by Crippen LogP contribution is -2.44. The summed E-state index contributed by atoms with van der Waals surface area (Å²) in [7, 11) is 1.84.